The van der Waals surface area contributed by atoms with Crippen LogP contribution in [0, 0.1) is 5.41 Å². The van der Waals surface area contributed by atoms with Crippen molar-refractivity contribution < 1.29 is 93.5 Å². The molecular weight excluding hydrogens is 604 g/mol. The standard InChI is InChI=1S/C25H32O19/c26-11-23(12-27,24(43,6-13(28)1-18(33)34)7-14(29)2-19(35)36)25(8-15(30)3-20(37)38,9-16(31)4-21(39)40)44-10-17(32)5-22(41)42/h26-27,43H,1-12H2,(H,33,34)(H,35,36)(H,37,38)(H,39,40)(H,41,42). The summed E-state index contributed by atoms with van der Waals surface area (Å²) in [6.45, 7) is -4.83. The summed E-state index contributed by atoms with van der Waals surface area (Å²) in [6, 6.07) is 0. The van der Waals surface area contributed by atoms with Gasteiger partial charge in [-0.15, -0.1) is 0 Å². The average molecular weight is 637 g/mol. The van der Waals surface area contributed by atoms with Gasteiger partial charge in [-0.3, -0.25) is 47.9 Å². The number of aliphatic hydroxyl groups is 3. The molecule has 19 heteroatoms. The highest BCUT2D eigenvalue weighted by molar-refractivity contribution is 5.99. The molecule has 8 N–H and O–H groups in total. The van der Waals surface area contributed by atoms with E-state index >= 15 is 0 Å². The van der Waals surface area contributed by atoms with Crippen molar-refractivity contribution in [1.29, 1.82) is 0 Å². The Hall–Kier alpha value is -4.46. The van der Waals surface area contributed by atoms with Gasteiger partial charge in [-0.05, 0) is 0 Å². The van der Waals surface area contributed by atoms with E-state index < -0.39 is 153 Å². The number of carbonyl (C=O) groups excluding carboxylic acids is 5. The molecule has 0 atom stereocenters. The molecule has 0 aliphatic heterocycles. The molecular formula is C25H32O19. The van der Waals surface area contributed by atoms with Crippen molar-refractivity contribution in [3.8, 4) is 0 Å². The fraction of sp³-hybridized carbons (Fsp3) is 0.600. The van der Waals surface area contributed by atoms with E-state index in [2.05, 4.69) is 0 Å². The van der Waals surface area contributed by atoms with Crippen molar-refractivity contribution in [3.05, 3.63) is 0 Å². The maximum atomic E-state index is 12.8. The molecule has 0 saturated carbocycles. The van der Waals surface area contributed by atoms with Gasteiger partial charge in [0.1, 0.15) is 61.8 Å². The summed E-state index contributed by atoms with van der Waals surface area (Å²) in [4.78, 5) is 119. The normalized spacial score (nSPS) is 11.8. The third-order valence-electron chi connectivity index (χ3n) is 6.50. The predicted molar refractivity (Wildman–Crippen MR) is 135 cm³/mol. The summed E-state index contributed by atoms with van der Waals surface area (Å²) in [7, 11) is 0. The summed E-state index contributed by atoms with van der Waals surface area (Å²) in [5.41, 5.74) is -9.60. The lowest BCUT2D eigenvalue weighted by Crippen LogP contribution is -2.69. The highest BCUT2D eigenvalue weighted by Gasteiger charge is 2.65. The van der Waals surface area contributed by atoms with Gasteiger partial charge in [0, 0.05) is 25.7 Å². The molecule has 19 nitrogen and oxygen atoms in total. The minimum Gasteiger partial charge on any atom is -0.481 e. The van der Waals surface area contributed by atoms with Crippen LogP contribution in [0.2, 0.25) is 0 Å². The van der Waals surface area contributed by atoms with Gasteiger partial charge in [0.05, 0.1) is 29.8 Å². The van der Waals surface area contributed by atoms with E-state index in [0.717, 1.165) is 0 Å². The Balaban J connectivity index is 7.77. The third kappa shape index (κ3) is 11.7. The number of carboxylic acids is 5. The first-order valence-corrected chi connectivity index (χ1v) is 12.4. The zero-order valence-electron chi connectivity index (χ0n) is 23.1. The van der Waals surface area contributed by atoms with Gasteiger partial charge >= 0.3 is 29.8 Å². The van der Waals surface area contributed by atoms with Crippen LogP contribution in [0.4, 0.5) is 0 Å². The van der Waals surface area contributed by atoms with E-state index in [4.69, 9.17) is 30.3 Å². The van der Waals surface area contributed by atoms with Crippen LogP contribution in [-0.2, 0) is 52.7 Å². The van der Waals surface area contributed by atoms with Crippen LogP contribution in [0.25, 0.3) is 0 Å². The van der Waals surface area contributed by atoms with Crippen molar-refractivity contribution in [3.63, 3.8) is 0 Å². The molecule has 0 spiro atoms. The van der Waals surface area contributed by atoms with Crippen LogP contribution in [0.1, 0.15) is 57.8 Å². The fourth-order valence-corrected chi connectivity index (χ4v) is 4.75. The van der Waals surface area contributed by atoms with Crippen LogP contribution < -0.4 is 0 Å². The Morgan fingerprint density at radius 3 is 1.00 bits per heavy atom. The molecule has 246 valence electrons. The highest BCUT2D eigenvalue weighted by Crippen LogP contribution is 2.51. The molecule has 44 heavy (non-hydrogen) atoms. The van der Waals surface area contributed by atoms with E-state index in [1.165, 1.54) is 0 Å². The van der Waals surface area contributed by atoms with Crippen molar-refractivity contribution in [1.82, 2.24) is 0 Å². The molecule has 0 rings (SSSR count). The average Bonchev–Trinajstić information content (AvgIpc) is 2.80. The molecule has 0 aromatic heterocycles. The van der Waals surface area contributed by atoms with E-state index in [9.17, 15) is 63.3 Å². The Kier molecular flexibility index (Phi) is 15.3. The third-order valence-corrected chi connectivity index (χ3v) is 6.50. The Morgan fingerprint density at radius 1 is 0.455 bits per heavy atom. The zero-order valence-corrected chi connectivity index (χ0v) is 23.1. The first kappa shape index (κ1) is 39.5. The van der Waals surface area contributed by atoms with Crippen molar-refractivity contribution in [2.75, 3.05) is 19.8 Å². The Labute approximate surface area is 247 Å². The van der Waals surface area contributed by atoms with Gasteiger partial charge in [0.25, 0.3) is 0 Å². The summed E-state index contributed by atoms with van der Waals surface area (Å²) < 4.78 is 5.44. The van der Waals surface area contributed by atoms with Gasteiger partial charge in [0.15, 0.2) is 5.78 Å². The van der Waals surface area contributed by atoms with Gasteiger partial charge in [-0.25, -0.2) is 0 Å². The van der Waals surface area contributed by atoms with Crippen LogP contribution >= 0.6 is 0 Å². The smallest absolute Gasteiger partial charge is 0.310 e. The quantitative estimate of drug-likeness (QED) is 0.0470. The summed E-state index contributed by atoms with van der Waals surface area (Å²) in [5.74, 6) is -15.8. The second kappa shape index (κ2) is 17.0. The minimum atomic E-state index is -3.33. The Morgan fingerprint density at radius 2 is 0.727 bits per heavy atom. The predicted octanol–water partition coefficient (Wildman–Crippen LogP) is -2.78. The lowest BCUT2D eigenvalue weighted by atomic mass is 9.55. The topological polar surface area (TPSA) is 342 Å². The van der Waals surface area contributed by atoms with Crippen molar-refractivity contribution in [2.45, 2.75) is 69.0 Å². The zero-order chi connectivity index (χ0) is 34.5. The molecule has 0 unspecified atom stereocenters. The number of hydrogen-bond donors (Lipinski definition) is 8. The number of aliphatic carboxylic acids is 5. The molecule has 0 amide bonds. The molecule has 0 saturated heterocycles. The number of rotatable bonds is 25. The molecule has 0 aliphatic carbocycles. The van der Waals surface area contributed by atoms with Gasteiger partial charge in [-0.1, -0.05) is 0 Å². The van der Waals surface area contributed by atoms with E-state index in [0.29, 0.717) is 0 Å². The highest BCUT2D eigenvalue weighted by atomic mass is 16.5. The van der Waals surface area contributed by atoms with E-state index in [1.807, 2.05) is 0 Å². The number of ketones is 5. The van der Waals surface area contributed by atoms with E-state index in [-0.39, 0.29) is 0 Å². The summed E-state index contributed by atoms with van der Waals surface area (Å²) >= 11 is 0. The molecule has 0 bridgehead atoms. The van der Waals surface area contributed by atoms with Gasteiger partial charge in [-0.2, -0.15) is 0 Å². The first-order valence-electron chi connectivity index (χ1n) is 12.4. The summed E-state index contributed by atoms with van der Waals surface area (Å²) in [6.07, 6.45) is -12.7. The van der Waals surface area contributed by atoms with Crippen LogP contribution in [-0.4, -0.2) is 131 Å². The Bertz CT molecular complexity index is 1120. The van der Waals surface area contributed by atoms with Crippen LogP contribution in [0.5, 0.6) is 0 Å². The lowest BCUT2D eigenvalue weighted by molar-refractivity contribution is -0.249. The van der Waals surface area contributed by atoms with Crippen molar-refractivity contribution >= 4 is 58.8 Å². The number of carboxylic acid groups (broad SMARTS) is 5. The number of ether oxygens (including phenoxy) is 1. The number of Topliss-reactive ketones (excluding diaryl/α,β-unsaturated/α-hetero) is 5. The van der Waals surface area contributed by atoms with Gasteiger partial charge in [0.2, 0.25) is 0 Å². The molecule has 0 aliphatic rings. The molecule has 0 fully saturated rings. The van der Waals surface area contributed by atoms with Crippen LogP contribution in [0.15, 0.2) is 0 Å². The fourth-order valence-electron chi connectivity index (χ4n) is 4.75. The second-order valence-electron chi connectivity index (χ2n) is 9.97. The van der Waals surface area contributed by atoms with Crippen LogP contribution in [0.3, 0.4) is 0 Å². The molecule has 0 aromatic carbocycles. The number of hydrogen-bond acceptors (Lipinski definition) is 14. The molecule has 0 radical (unpaired) electrons. The minimum absolute atomic E-state index is 1.26. The largest absolute Gasteiger partial charge is 0.481 e. The van der Waals surface area contributed by atoms with Crippen molar-refractivity contribution in [2.24, 2.45) is 5.41 Å². The number of carbonyl (C=O) groups is 10. The molecule has 0 heterocycles. The summed E-state index contributed by atoms with van der Waals surface area (Å²) in [5, 5.41) is 78.3. The first-order chi connectivity index (χ1) is 20.2. The monoisotopic (exact) mass is 636 g/mol. The SMILES string of the molecule is O=C(O)CC(=O)COC(CC(=O)CC(=O)O)(CC(=O)CC(=O)O)C(CO)(CO)C(O)(CC(=O)CC(=O)O)CC(=O)CC(=O)O. The molecule has 0 aromatic rings. The lowest BCUT2D eigenvalue weighted by Gasteiger charge is -2.55. The van der Waals surface area contributed by atoms with E-state index in [1.54, 1.807) is 0 Å². The van der Waals surface area contributed by atoms with Gasteiger partial charge < -0.3 is 45.6 Å². The second-order valence-corrected chi connectivity index (χ2v) is 9.97. The maximum Gasteiger partial charge on any atom is 0.310 e. The maximum absolute atomic E-state index is 12.8. The number of aliphatic hydroxyl groups excluding tert-OH is 2.